The lowest BCUT2D eigenvalue weighted by Gasteiger charge is -2.15. The second-order valence-corrected chi connectivity index (χ2v) is 3.58. The lowest BCUT2D eigenvalue weighted by Crippen LogP contribution is -2.16. The van der Waals surface area contributed by atoms with Gasteiger partial charge in [0.05, 0.1) is 11.1 Å². The van der Waals surface area contributed by atoms with Crippen molar-refractivity contribution in [1.82, 2.24) is 0 Å². The normalized spacial score (nSPS) is 14.3. The SMILES string of the molecule is Cc1c(N)ccc(C(O)C(O)C#N)c1Cl. The van der Waals surface area contributed by atoms with Crippen LogP contribution in [-0.2, 0) is 0 Å². The highest BCUT2D eigenvalue weighted by Gasteiger charge is 2.21. The highest BCUT2D eigenvalue weighted by Crippen LogP contribution is 2.31. The second-order valence-electron chi connectivity index (χ2n) is 3.20. The van der Waals surface area contributed by atoms with E-state index in [1.54, 1.807) is 19.1 Å². The first-order valence-electron chi connectivity index (χ1n) is 4.29. The molecule has 0 aliphatic heterocycles. The van der Waals surface area contributed by atoms with Crippen LogP contribution in [0.5, 0.6) is 0 Å². The number of anilines is 1. The Morgan fingerprint density at radius 1 is 1.47 bits per heavy atom. The molecule has 1 rings (SSSR count). The van der Waals surface area contributed by atoms with E-state index >= 15 is 0 Å². The van der Waals surface area contributed by atoms with E-state index in [1.165, 1.54) is 6.07 Å². The van der Waals surface area contributed by atoms with Crippen LogP contribution in [0.4, 0.5) is 5.69 Å². The molecular formula is C10H11ClN2O2. The first-order chi connectivity index (χ1) is 6.99. The fourth-order valence-corrected chi connectivity index (χ4v) is 1.47. The van der Waals surface area contributed by atoms with E-state index in [0.717, 1.165) is 0 Å². The summed E-state index contributed by atoms with van der Waals surface area (Å²) in [5, 5.41) is 27.5. The van der Waals surface area contributed by atoms with Crippen molar-refractivity contribution in [1.29, 1.82) is 5.26 Å². The highest BCUT2D eigenvalue weighted by molar-refractivity contribution is 6.32. The van der Waals surface area contributed by atoms with Gasteiger partial charge in [0.25, 0.3) is 0 Å². The molecule has 0 bridgehead atoms. The van der Waals surface area contributed by atoms with Gasteiger partial charge in [0.1, 0.15) is 6.10 Å². The summed E-state index contributed by atoms with van der Waals surface area (Å²) in [4.78, 5) is 0. The Balaban J connectivity index is 3.17. The molecule has 15 heavy (non-hydrogen) atoms. The fraction of sp³-hybridized carbons (Fsp3) is 0.300. The molecule has 4 N–H and O–H groups in total. The minimum Gasteiger partial charge on any atom is -0.398 e. The molecule has 2 unspecified atom stereocenters. The van der Waals surface area contributed by atoms with Crippen LogP contribution in [0.1, 0.15) is 17.2 Å². The number of nitrogen functional groups attached to an aromatic ring is 1. The average molecular weight is 227 g/mol. The molecule has 80 valence electrons. The molecule has 0 amide bonds. The molecule has 2 atom stereocenters. The van der Waals surface area contributed by atoms with Gasteiger partial charge >= 0.3 is 0 Å². The maximum absolute atomic E-state index is 9.59. The van der Waals surface area contributed by atoms with Crippen LogP contribution in [0.3, 0.4) is 0 Å². The molecule has 0 heterocycles. The molecule has 0 aromatic heterocycles. The van der Waals surface area contributed by atoms with Gasteiger partial charge in [-0.3, -0.25) is 0 Å². The summed E-state index contributed by atoms with van der Waals surface area (Å²) in [5.74, 6) is 0. The Morgan fingerprint density at radius 2 is 2.07 bits per heavy atom. The van der Waals surface area contributed by atoms with Gasteiger partial charge in [0.15, 0.2) is 6.10 Å². The van der Waals surface area contributed by atoms with Crippen molar-refractivity contribution in [3.63, 3.8) is 0 Å². The van der Waals surface area contributed by atoms with Gasteiger partial charge in [-0.15, -0.1) is 0 Å². The van der Waals surface area contributed by atoms with Crippen LogP contribution in [0.25, 0.3) is 0 Å². The Hall–Kier alpha value is -1.28. The van der Waals surface area contributed by atoms with Crippen molar-refractivity contribution in [3.05, 3.63) is 28.3 Å². The van der Waals surface area contributed by atoms with Crippen LogP contribution < -0.4 is 5.73 Å². The first kappa shape index (κ1) is 11.8. The number of nitrogens with two attached hydrogens (primary N) is 1. The third kappa shape index (κ3) is 2.21. The summed E-state index contributed by atoms with van der Waals surface area (Å²) in [7, 11) is 0. The summed E-state index contributed by atoms with van der Waals surface area (Å²) >= 11 is 5.93. The zero-order valence-electron chi connectivity index (χ0n) is 8.11. The van der Waals surface area contributed by atoms with Crippen LogP contribution in [0.2, 0.25) is 5.02 Å². The van der Waals surface area contributed by atoms with Crippen molar-refractivity contribution in [3.8, 4) is 6.07 Å². The van der Waals surface area contributed by atoms with E-state index in [4.69, 9.17) is 27.7 Å². The molecule has 5 heteroatoms. The van der Waals surface area contributed by atoms with Crippen LogP contribution >= 0.6 is 11.6 Å². The highest BCUT2D eigenvalue weighted by atomic mass is 35.5. The molecule has 0 aliphatic rings. The minimum absolute atomic E-state index is 0.275. The third-order valence-electron chi connectivity index (χ3n) is 2.21. The molecular weight excluding hydrogens is 216 g/mol. The maximum atomic E-state index is 9.59. The van der Waals surface area contributed by atoms with Gasteiger partial charge in [-0.2, -0.15) is 5.26 Å². The lowest BCUT2D eigenvalue weighted by atomic mass is 10.0. The van der Waals surface area contributed by atoms with E-state index in [9.17, 15) is 5.11 Å². The first-order valence-corrected chi connectivity index (χ1v) is 4.67. The number of aliphatic hydroxyl groups is 2. The molecule has 4 nitrogen and oxygen atoms in total. The van der Waals surface area contributed by atoms with Crippen molar-refractivity contribution in [2.24, 2.45) is 0 Å². The number of hydrogen-bond acceptors (Lipinski definition) is 4. The number of aliphatic hydroxyl groups excluding tert-OH is 2. The number of rotatable bonds is 2. The number of halogens is 1. The van der Waals surface area contributed by atoms with Crippen molar-refractivity contribution >= 4 is 17.3 Å². The molecule has 1 aromatic carbocycles. The third-order valence-corrected chi connectivity index (χ3v) is 2.71. The lowest BCUT2D eigenvalue weighted by molar-refractivity contribution is 0.0528. The van der Waals surface area contributed by atoms with Gasteiger partial charge in [0, 0.05) is 11.3 Å². The standard InChI is InChI=1S/C10H11ClN2O2/c1-5-7(13)3-2-6(9(5)11)10(15)8(14)4-12/h2-3,8,10,14-15H,13H2,1H3. The quantitative estimate of drug-likeness (QED) is 0.521. The van der Waals surface area contributed by atoms with Crippen molar-refractivity contribution < 1.29 is 10.2 Å². The van der Waals surface area contributed by atoms with E-state index in [-0.39, 0.29) is 5.02 Å². The Labute approximate surface area is 92.5 Å². The van der Waals surface area contributed by atoms with Gasteiger partial charge in [-0.1, -0.05) is 17.7 Å². The van der Waals surface area contributed by atoms with Gasteiger partial charge in [-0.25, -0.2) is 0 Å². The maximum Gasteiger partial charge on any atom is 0.170 e. The molecule has 0 radical (unpaired) electrons. The van der Waals surface area contributed by atoms with E-state index in [0.29, 0.717) is 16.8 Å². The Kier molecular flexibility index (Phi) is 3.53. The van der Waals surface area contributed by atoms with Gasteiger partial charge < -0.3 is 15.9 Å². The average Bonchev–Trinajstić information content (AvgIpc) is 2.24. The Morgan fingerprint density at radius 3 is 2.60 bits per heavy atom. The molecule has 0 spiro atoms. The Bertz CT molecular complexity index is 415. The number of hydrogen-bond donors (Lipinski definition) is 3. The number of benzene rings is 1. The van der Waals surface area contributed by atoms with Crippen LogP contribution in [-0.4, -0.2) is 16.3 Å². The largest absolute Gasteiger partial charge is 0.398 e. The molecule has 1 aromatic rings. The number of nitriles is 1. The smallest absolute Gasteiger partial charge is 0.170 e. The summed E-state index contributed by atoms with van der Waals surface area (Å²) in [6.07, 6.45) is -2.81. The number of nitrogens with zero attached hydrogens (tertiary/aromatic N) is 1. The molecule has 0 saturated carbocycles. The molecule has 0 fully saturated rings. The van der Waals surface area contributed by atoms with Crippen molar-refractivity contribution in [2.45, 2.75) is 19.1 Å². The predicted octanol–water partition coefficient (Wildman–Crippen LogP) is 1.15. The van der Waals surface area contributed by atoms with E-state index in [1.807, 2.05) is 0 Å². The van der Waals surface area contributed by atoms with Gasteiger partial charge in [-0.05, 0) is 18.6 Å². The topological polar surface area (TPSA) is 90.3 Å². The zero-order valence-corrected chi connectivity index (χ0v) is 8.86. The molecule has 0 saturated heterocycles. The van der Waals surface area contributed by atoms with Crippen molar-refractivity contribution in [2.75, 3.05) is 5.73 Å². The molecule has 0 aliphatic carbocycles. The summed E-state index contributed by atoms with van der Waals surface area (Å²) < 4.78 is 0. The van der Waals surface area contributed by atoms with E-state index < -0.39 is 12.2 Å². The van der Waals surface area contributed by atoms with Crippen LogP contribution in [0, 0.1) is 18.3 Å². The van der Waals surface area contributed by atoms with Gasteiger partial charge in [0.2, 0.25) is 0 Å². The monoisotopic (exact) mass is 226 g/mol. The predicted molar refractivity (Wildman–Crippen MR) is 57.2 cm³/mol. The second kappa shape index (κ2) is 4.49. The summed E-state index contributed by atoms with van der Waals surface area (Å²) in [6, 6.07) is 4.61. The van der Waals surface area contributed by atoms with Crippen LogP contribution in [0.15, 0.2) is 12.1 Å². The zero-order chi connectivity index (χ0) is 11.6. The summed E-state index contributed by atoms with van der Waals surface area (Å²) in [5.41, 5.74) is 7.03. The minimum atomic E-state index is -1.49. The van der Waals surface area contributed by atoms with E-state index in [2.05, 4.69) is 0 Å². The fourth-order valence-electron chi connectivity index (χ4n) is 1.19. The summed E-state index contributed by atoms with van der Waals surface area (Å²) in [6.45, 7) is 1.70.